The molecular weight excluding hydrogens is 310 g/mol. The van der Waals surface area contributed by atoms with E-state index in [1.807, 2.05) is 42.5 Å². The molecule has 0 radical (unpaired) electrons. The second-order valence-electron chi connectivity index (χ2n) is 5.42. The van der Waals surface area contributed by atoms with Crippen molar-refractivity contribution < 1.29 is 0 Å². The van der Waals surface area contributed by atoms with Gasteiger partial charge in [0.15, 0.2) is 0 Å². The number of hydrogen-bond acceptors (Lipinski definition) is 3. The molecule has 0 bridgehead atoms. The van der Waals surface area contributed by atoms with Crippen molar-refractivity contribution in [2.24, 2.45) is 0 Å². The monoisotopic (exact) mass is 327 g/mol. The summed E-state index contributed by atoms with van der Waals surface area (Å²) in [4.78, 5) is 21.8. The Hall–Kier alpha value is -2.17. The molecule has 3 rings (SSSR count). The first-order valence-electron chi connectivity index (χ1n) is 7.61. The molecule has 0 aliphatic rings. The Morgan fingerprint density at radius 2 is 1.83 bits per heavy atom. The SMILES string of the molecule is CCN(Cc1nc2ccccc2c(=O)[nH]1)Cc1ccccc1Cl. The molecule has 0 spiro atoms. The minimum Gasteiger partial charge on any atom is -0.309 e. The molecule has 0 aliphatic carbocycles. The smallest absolute Gasteiger partial charge is 0.258 e. The molecule has 4 nitrogen and oxygen atoms in total. The van der Waals surface area contributed by atoms with Crippen molar-refractivity contribution in [2.45, 2.75) is 20.0 Å². The summed E-state index contributed by atoms with van der Waals surface area (Å²) >= 11 is 6.23. The first-order valence-corrected chi connectivity index (χ1v) is 7.99. The second kappa shape index (κ2) is 6.94. The van der Waals surface area contributed by atoms with Crippen LogP contribution in [-0.4, -0.2) is 21.4 Å². The van der Waals surface area contributed by atoms with Crippen molar-refractivity contribution in [2.75, 3.05) is 6.54 Å². The lowest BCUT2D eigenvalue weighted by Gasteiger charge is -2.20. The predicted molar refractivity (Wildman–Crippen MR) is 93.6 cm³/mol. The van der Waals surface area contributed by atoms with Gasteiger partial charge in [-0.05, 0) is 30.3 Å². The molecule has 23 heavy (non-hydrogen) atoms. The van der Waals surface area contributed by atoms with Gasteiger partial charge in [0.25, 0.3) is 5.56 Å². The van der Waals surface area contributed by atoms with Crippen LogP contribution in [-0.2, 0) is 13.1 Å². The van der Waals surface area contributed by atoms with Crippen LogP contribution < -0.4 is 5.56 Å². The molecule has 1 N–H and O–H groups in total. The summed E-state index contributed by atoms with van der Waals surface area (Å²) in [7, 11) is 0. The molecular formula is C18H18ClN3O. The number of nitrogens with zero attached hydrogens (tertiary/aromatic N) is 2. The van der Waals surface area contributed by atoms with Crippen LogP contribution in [0.15, 0.2) is 53.3 Å². The van der Waals surface area contributed by atoms with Crippen molar-refractivity contribution in [1.29, 1.82) is 0 Å². The first-order chi connectivity index (χ1) is 11.2. The number of aromatic nitrogens is 2. The maximum absolute atomic E-state index is 12.1. The van der Waals surface area contributed by atoms with E-state index in [9.17, 15) is 4.79 Å². The first kappa shape index (κ1) is 15.7. The standard InChI is InChI=1S/C18H18ClN3O/c1-2-22(11-13-7-3-5-9-15(13)19)12-17-20-16-10-6-4-8-14(16)18(23)21-17/h3-10H,2,11-12H2,1H3,(H,20,21,23). The van der Waals surface area contributed by atoms with Gasteiger partial charge < -0.3 is 4.98 Å². The summed E-state index contributed by atoms with van der Waals surface area (Å²) in [5.74, 6) is 0.669. The fourth-order valence-corrected chi connectivity index (χ4v) is 2.76. The van der Waals surface area contributed by atoms with Gasteiger partial charge in [0.2, 0.25) is 0 Å². The summed E-state index contributed by atoms with van der Waals surface area (Å²) in [6.45, 7) is 4.20. The summed E-state index contributed by atoms with van der Waals surface area (Å²) in [6, 6.07) is 15.2. The minimum atomic E-state index is -0.0978. The highest BCUT2D eigenvalue weighted by Crippen LogP contribution is 2.17. The summed E-state index contributed by atoms with van der Waals surface area (Å²) < 4.78 is 0. The van der Waals surface area contributed by atoms with E-state index < -0.39 is 0 Å². The van der Waals surface area contributed by atoms with E-state index in [-0.39, 0.29) is 5.56 Å². The third-order valence-electron chi connectivity index (χ3n) is 3.83. The van der Waals surface area contributed by atoms with E-state index in [4.69, 9.17) is 11.6 Å². The van der Waals surface area contributed by atoms with Crippen LogP contribution in [0.1, 0.15) is 18.3 Å². The van der Waals surface area contributed by atoms with Gasteiger partial charge in [-0.3, -0.25) is 9.69 Å². The van der Waals surface area contributed by atoms with Crippen molar-refractivity contribution in [3.63, 3.8) is 0 Å². The molecule has 0 unspecified atom stereocenters. The van der Waals surface area contributed by atoms with Crippen LogP contribution in [0.4, 0.5) is 0 Å². The van der Waals surface area contributed by atoms with E-state index >= 15 is 0 Å². The Labute approximate surface area is 139 Å². The molecule has 0 amide bonds. The number of rotatable bonds is 5. The highest BCUT2D eigenvalue weighted by molar-refractivity contribution is 6.31. The molecule has 0 saturated carbocycles. The normalized spacial score (nSPS) is 11.3. The summed E-state index contributed by atoms with van der Waals surface area (Å²) in [5, 5.41) is 1.37. The molecule has 3 aromatic rings. The Morgan fingerprint density at radius 1 is 1.09 bits per heavy atom. The van der Waals surface area contributed by atoms with Gasteiger partial charge in [0, 0.05) is 11.6 Å². The third kappa shape index (κ3) is 3.60. The maximum Gasteiger partial charge on any atom is 0.258 e. The van der Waals surface area contributed by atoms with Gasteiger partial charge in [-0.2, -0.15) is 0 Å². The van der Waals surface area contributed by atoms with E-state index in [0.717, 1.165) is 22.6 Å². The van der Waals surface area contributed by atoms with E-state index in [0.29, 0.717) is 24.3 Å². The van der Waals surface area contributed by atoms with Crippen molar-refractivity contribution in [3.05, 3.63) is 75.3 Å². The van der Waals surface area contributed by atoms with Crippen LogP contribution >= 0.6 is 11.6 Å². The second-order valence-corrected chi connectivity index (χ2v) is 5.83. The summed E-state index contributed by atoms with van der Waals surface area (Å²) in [6.07, 6.45) is 0. The quantitative estimate of drug-likeness (QED) is 0.779. The zero-order valence-electron chi connectivity index (χ0n) is 12.9. The predicted octanol–water partition coefficient (Wildman–Crippen LogP) is 3.60. The molecule has 118 valence electrons. The lowest BCUT2D eigenvalue weighted by atomic mass is 10.2. The zero-order chi connectivity index (χ0) is 16.2. The number of benzene rings is 2. The Morgan fingerprint density at radius 3 is 2.61 bits per heavy atom. The Bertz CT molecular complexity index is 875. The molecule has 0 aliphatic heterocycles. The molecule has 1 aromatic heterocycles. The van der Waals surface area contributed by atoms with Crippen LogP contribution in [0.2, 0.25) is 5.02 Å². The average molecular weight is 328 g/mol. The Balaban J connectivity index is 1.84. The zero-order valence-corrected chi connectivity index (χ0v) is 13.7. The minimum absolute atomic E-state index is 0.0978. The lowest BCUT2D eigenvalue weighted by Crippen LogP contribution is -2.25. The Kier molecular flexibility index (Phi) is 4.74. The lowest BCUT2D eigenvalue weighted by molar-refractivity contribution is 0.264. The number of aromatic amines is 1. The molecule has 5 heteroatoms. The number of fused-ring (bicyclic) bond motifs is 1. The molecule has 0 atom stereocenters. The van der Waals surface area contributed by atoms with Crippen LogP contribution in [0.25, 0.3) is 10.9 Å². The average Bonchev–Trinajstić information content (AvgIpc) is 2.56. The highest BCUT2D eigenvalue weighted by atomic mass is 35.5. The number of para-hydroxylation sites is 1. The van der Waals surface area contributed by atoms with Crippen LogP contribution in [0.3, 0.4) is 0 Å². The van der Waals surface area contributed by atoms with Crippen LogP contribution in [0, 0.1) is 0 Å². The van der Waals surface area contributed by atoms with E-state index in [1.54, 1.807) is 6.07 Å². The van der Waals surface area contributed by atoms with Crippen molar-refractivity contribution in [3.8, 4) is 0 Å². The van der Waals surface area contributed by atoms with Crippen molar-refractivity contribution in [1.82, 2.24) is 14.9 Å². The van der Waals surface area contributed by atoms with Gasteiger partial charge in [-0.15, -0.1) is 0 Å². The van der Waals surface area contributed by atoms with Gasteiger partial charge >= 0.3 is 0 Å². The molecule has 1 heterocycles. The number of halogens is 1. The molecule has 0 fully saturated rings. The highest BCUT2D eigenvalue weighted by Gasteiger charge is 2.10. The molecule has 2 aromatic carbocycles. The fraction of sp³-hybridized carbons (Fsp3) is 0.222. The van der Waals surface area contributed by atoms with E-state index in [2.05, 4.69) is 21.8 Å². The van der Waals surface area contributed by atoms with Gasteiger partial charge in [0.05, 0.1) is 17.4 Å². The van der Waals surface area contributed by atoms with Crippen LogP contribution in [0.5, 0.6) is 0 Å². The van der Waals surface area contributed by atoms with Crippen molar-refractivity contribution >= 4 is 22.5 Å². The summed E-state index contributed by atoms with van der Waals surface area (Å²) in [5.41, 5.74) is 1.69. The third-order valence-corrected chi connectivity index (χ3v) is 4.20. The van der Waals surface area contributed by atoms with Gasteiger partial charge in [-0.25, -0.2) is 4.98 Å². The fourth-order valence-electron chi connectivity index (χ4n) is 2.57. The largest absolute Gasteiger partial charge is 0.309 e. The number of hydrogen-bond donors (Lipinski definition) is 1. The maximum atomic E-state index is 12.1. The number of nitrogens with one attached hydrogen (secondary N) is 1. The van der Waals surface area contributed by atoms with Gasteiger partial charge in [-0.1, -0.05) is 48.9 Å². The van der Waals surface area contributed by atoms with E-state index in [1.165, 1.54) is 0 Å². The van der Waals surface area contributed by atoms with Gasteiger partial charge in [0.1, 0.15) is 5.82 Å². The topological polar surface area (TPSA) is 49.0 Å². The number of H-pyrrole nitrogens is 1. The molecule has 0 saturated heterocycles.